The Morgan fingerprint density at radius 1 is 1.50 bits per heavy atom. The summed E-state index contributed by atoms with van der Waals surface area (Å²) in [6.07, 6.45) is 2.57. The van der Waals surface area contributed by atoms with Crippen LogP contribution in [0.1, 0.15) is 33.6 Å². The van der Waals surface area contributed by atoms with Gasteiger partial charge >= 0.3 is 0 Å². The van der Waals surface area contributed by atoms with Crippen molar-refractivity contribution in [2.45, 2.75) is 39.2 Å². The van der Waals surface area contributed by atoms with Crippen LogP contribution in [0, 0.1) is 5.92 Å². The fraction of sp³-hybridized carbons (Fsp3) is 1.00. The molecule has 1 N–H and O–H groups in total. The third-order valence-corrected chi connectivity index (χ3v) is 2.95. The lowest BCUT2D eigenvalue weighted by molar-refractivity contribution is 0.0623. The zero-order chi connectivity index (χ0) is 9.03. The normalized spacial score (nSPS) is 30.0. The van der Waals surface area contributed by atoms with Gasteiger partial charge in [0, 0.05) is 12.1 Å². The lowest BCUT2D eigenvalue weighted by Crippen LogP contribution is -2.48. The van der Waals surface area contributed by atoms with E-state index in [2.05, 4.69) is 26.1 Å². The van der Waals surface area contributed by atoms with E-state index in [-0.39, 0.29) is 5.54 Å². The zero-order valence-electron chi connectivity index (χ0n) is 8.52. The molecule has 0 saturated carbocycles. The van der Waals surface area contributed by atoms with E-state index in [1.54, 1.807) is 0 Å². The van der Waals surface area contributed by atoms with E-state index in [0.29, 0.717) is 5.92 Å². The minimum Gasteiger partial charge on any atom is -0.380 e. The van der Waals surface area contributed by atoms with Crippen molar-refractivity contribution in [1.82, 2.24) is 5.32 Å². The molecule has 72 valence electrons. The summed E-state index contributed by atoms with van der Waals surface area (Å²) >= 11 is 0. The Labute approximate surface area is 75.7 Å². The summed E-state index contributed by atoms with van der Waals surface area (Å²) in [5, 5.41) is 3.58. The highest BCUT2D eigenvalue weighted by atomic mass is 16.5. The van der Waals surface area contributed by atoms with Gasteiger partial charge < -0.3 is 10.1 Å². The Morgan fingerprint density at radius 3 is 2.67 bits per heavy atom. The van der Waals surface area contributed by atoms with Gasteiger partial charge in [0.05, 0.1) is 6.61 Å². The van der Waals surface area contributed by atoms with Crippen molar-refractivity contribution in [3.63, 3.8) is 0 Å². The maximum atomic E-state index is 5.52. The highest BCUT2D eigenvalue weighted by Gasteiger charge is 2.36. The van der Waals surface area contributed by atoms with Crippen LogP contribution in [0.4, 0.5) is 0 Å². The van der Waals surface area contributed by atoms with Gasteiger partial charge in [-0.25, -0.2) is 0 Å². The van der Waals surface area contributed by atoms with Gasteiger partial charge in [-0.15, -0.1) is 0 Å². The van der Waals surface area contributed by atoms with Crippen molar-refractivity contribution >= 4 is 0 Å². The predicted molar refractivity (Wildman–Crippen MR) is 51.3 cm³/mol. The third-order valence-electron chi connectivity index (χ3n) is 2.95. The van der Waals surface area contributed by atoms with Crippen LogP contribution in [0.15, 0.2) is 0 Å². The number of rotatable bonds is 4. The van der Waals surface area contributed by atoms with Gasteiger partial charge in [0.2, 0.25) is 0 Å². The summed E-state index contributed by atoms with van der Waals surface area (Å²) in [4.78, 5) is 0. The van der Waals surface area contributed by atoms with Crippen molar-refractivity contribution in [2.24, 2.45) is 5.92 Å². The molecule has 0 aromatic heterocycles. The first-order chi connectivity index (χ1) is 5.71. The molecule has 1 fully saturated rings. The molecule has 12 heavy (non-hydrogen) atoms. The fourth-order valence-electron chi connectivity index (χ4n) is 1.90. The zero-order valence-corrected chi connectivity index (χ0v) is 8.52. The van der Waals surface area contributed by atoms with E-state index in [1.807, 2.05) is 0 Å². The van der Waals surface area contributed by atoms with Crippen LogP contribution in [0.5, 0.6) is 0 Å². The van der Waals surface area contributed by atoms with Crippen LogP contribution in [-0.2, 0) is 4.74 Å². The molecule has 0 spiro atoms. The van der Waals surface area contributed by atoms with Crippen molar-refractivity contribution in [2.75, 3.05) is 19.8 Å². The van der Waals surface area contributed by atoms with Crippen LogP contribution in [0.2, 0.25) is 0 Å². The first-order valence-electron chi connectivity index (χ1n) is 5.04. The fourth-order valence-corrected chi connectivity index (χ4v) is 1.90. The Balaban J connectivity index is 2.47. The second-order valence-electron chi connectivity index (χ2n) is 3.98. The van der Waals surface area contributed by atoms with Crippen LogP contribution in [0.3, 0.4) is 0 Å². The molecular formula is C10H21NO. The highest BCUT2D eigenvalue weighted by molar-refractivity contribution is 4.95. The van der Waals surface area contributed by atoms with Gasteiger partial charge in [-0.1, -0.05) is 13.8 Å². The third kappa shape index (κ3) is 1.99. The molecule has 1 atom stereocenters. The lowest BCUT2D eigenvalue weighted by atomic mass is 9.86. The maximum Gasteiger partial charge on any atom is 0.0650 e. The first-order valence-corrected chi connectivity index (χ1v) is 5.04. The van der Waals surface area contributed by atoms with E-state index >= 15 is 0 Å². The van der Waals surface area contributed by atoms with Gasteiger partial charge in [-0.3, -0.25) is 0 Å². The smallest absolute Gasteiger partial charge is 0.0650 e. The summed E-state index contributed by atoms with van der Waals surface area (Å²) in [6.45, 7) is 9.47. The average Bonchev–Trinajstić information content (AvgIpc) is 2.50. The maximum absolute atomic E-state index is 5.52. The van der Waals surface area contributed by atoms with Gasteiger partial charge in [0.1, 0.15) is 0 Å². The van der Waals surface area contributed by atoms with E-state index < -0.39 is 0 Å². The molecule has 0 aromatic rings. The Kier molecular flexibility index (Phi) is 3.53. The molecule has 0 amide bonds. The molecular weight excluding hydrogens is 150 g/mol. The standard InChI is InChI=1S/C10H21NO/c1-4-12-8-10(9(2)3)6-5-7-11-10/h9,11H,4-8H2,1-3H3. The largest absolute Gasteiger partial charge is 0.380 e. The molecule has 0 bridgehead atoms. The minimum absolute atomic E-state index is 0.274. The summed E-state index contributed by atoms with van der Waals surface area (Å²) in [7, 11) is 0. The van der Waals surface area contributed by atoms with E-state index in [0.717, 1.165) is 19.8 Å². The predicted octanol–water partition coefficient (Wildman–Crippen LogP) is 1.80. The Bertz CT molecular complexity index is 128. The molecule has 1 heterocycles. The minimum atomic E-state index is 0.274. The average molecular weight is 171 g/mol. The van der Waals surface area contributed by atoms with Gasteiger partial charge in [0.25, 0.3) is 0 Å². The SMILES string of the molecule is CCOCC1(C(C)C)CCCN1. The van der Waals surface area contributed by atoms with Gasteiger partial charge in [-0.05, 0) is 32.2 Å². The van der Waals surface area contributed by atoms with E-state index in [4.69, 9.17) is 4.74 Å². The molecule has 1 unspecified atom stereocenters. The number of hydrogen-bond donors (Lipinski definition) is 1. The van der Waals surface area contributed by atoms with Crippen molar-refractivity contribution in [3.8, 4) is 0 Å². The lowest BCUT2D eigenvalue weighted by Gasteiger charge is -2.33. The molecule has 0 radical (unpaired) electrons. The van der Waals surface area contributed by atoms with Crippen LogP contribution < -0.4 is 5.32 Å². The molecule has 1 aliphatic heterocycles. The van der Waals surface area contributed by atoms with Crippen LogP contribution >= 0.6 is 0 Å². The van der Waals surface area contributed by atoms with E-state index in [9.17, 15) is 0 Å². The quantitative estimate of drug-likeness (QED) is 0.696. The molecule has 1 aliphatic rings. The summed E-state index contributed by atoms with van der Waals surface area (Å²) in [5.41, 5.74) is 0.274. The molecule has 2 heteroatoms. The van der Waals surface area contributed by atoms with Gasteiger partial charge in [-0.2, -0.15) is 0 Å². The monoisotopic (exact) mass is 171 g/mol. The molecule has 2 nitrogen and oxygen atoms in total. The number of ether oxygens (including phenoxy) is 1. The van der Waals surface area contributed by atoms with Crippen LogP contribution in [0.25, 0.3) is 0 Å². The first kappa shape index (κ1) is 10.0. The summed E-state index contributed by atoms with van der Waals surface area (Å²) in [5.74, 6) is 0.673. The van der Waals surface area contributed by atoms with E-state index in [1.165, 1.54) is 12.8 Å². The molecule has 0 aromatic carbocycles. The van der Waals surface area contributed by atoms with Crippen molar-refractivity contribution in [3.05, 3.63) is 0 Å². The second kappa shape index (κ2) is 4.24. The molecule has 1 saturated heterocycles. The second-order valence-corrected chi connectivity index (χ2v) is 3.98. The van der Waals surface area contributed by atoms with Crippen LogP contribution in [-0.4, -0.2) is 25.3 Å². The van der Waals surface area contributed by atoms with Crippen molar-refractivity contribution < 1.29 is 4.74 Å². The topological polar surface area (TPSA) is 21.3 Å². The molecule has 0 aliphatic carbocycles. The van der Waals surface area contributed by atoms with Crippen molar-refractivity contribution in [1.29, 1.82) is 0 Å². The Morgan fingerprint density at radius 2 is 2.25 bits per heavy atom. The number of hydrogen-bond acceptors (Lipinski definition) is 2. The highest BCUT2D eigenvalue weighted by Crippen LogP contribution is 2.27. The summed E-state index contributed by atoms with van der Waals surface area (Å²) in [6, 6.07) is 0. The molecule has 1 rings (SSSR count). The number of nitrogens with one attached hydrogen (secondary N) is 1. The van der Waals surface area contributed by atoms with Gasteiger partial charge in [0.15, 0.2) is 0 Å². The Hall–Kier alpha value is -0.0800. The summed E-state index contributed by atoms with van der Waals surface area (Å²) < 4.78 is 5.52.